The first-order valence-corrected chi connectivity index (χ1v) is 7.24. The molecule has 21 heavy (non-hydrogen) atoms. The largest absolute Gasteiger partial charge is 0.478 e. The second-order valence-corrected chi connectivity index (χ2v) is 6.26. The molecular formula is C12H12FN3O4S. The van der Waals surface area contributed by atoms with Crippen LogP contribution in [0.3, 0.4) is 0 Å². The number of aromatic amines is 1. The Morgan fingerprint density at radius 1 is 1.48 bits per heavy atom. The number of halogens is 1. The van der Waals surface area contributed by atoms with E-state index in [0.29, 0.717) is 5.82 Å². The third-order valence-electron chi connectivity index (χ3n) is 2.79. The highest BCUT2D eigenvalue weighted by Crippen LogP contribution is 2.21. The van der Waals surface area contributed by atoms with E-state index in [0.717, 1.165) is 22.5 Å². The molecule has 0 saturated carbocycles. The molecule has 1 aromatic carbocycles. The summed E-state index contributed by atoms with van der Waals surface area (Å²) < 4.78 is 39.2. The van der Waals surface area contributed by atoms with Crippen molar-refractivity contribution in [3.05, 3.63) is 47.8 Å². The summed E-state index contributed by atoms with van der Waals surface area (Å²) in [5.74, 6) is -1.96. The topological polar surface area (TPSA) is 103 Å². The van der Waals surface area contributed by atoms with Gasteiger partial charge in [0.25, 0.3) is 0 Å². The van der Waals surface area contributed by atoms with Crippen LogP contribution in [0, 0.1) is 5.82 Å². The maximum Gasteiger partial charge on any atom is 0.335 e. The summed E-state index contributed by atoms with van der Waals surface area (Å²) in [6.07, 6.45) is 2.99. The molecule has 2 aromatic rings. The van der Waals surface area contributed by atoms with Crippen LogP contribution in [0.4, 0.5) is 4.39 Å². The van der Waals surface area contributed by atoms with Crippen molar-refractivity contribution in [3.8, 4) is 0 Å². The Hall–Kier alpha value is -2.26. The third-order valence-corrected chi connectivity index (χ3v) is 4.61. The Labute approximate surface area is 120 Å². The number of carbonyl (C=O) groups is 1. The van der Waals surface area contributed by atoms with E-state index in [2.05, 4.69) is 9.97 Å². The van der Waals surface area contributed by atoms with Crippen molar-refractivity contribution in [3.63, 3.8) is 0 Å². The number of carboxylic acids is 1. The molecule has 2 N–H and O–H groups in total. The van der Waals surface area contributed by atoms with Gasteiger partial charge in [0.2, 0.25) is 10.0 Å². The normalized spacial score (nSPS) is 11.8. The van der Waals surface area contributed by atoms with Crippen LogP contribution in [0.5, 0.6) is 0 Å². The smallest absolute Gasteiger partial charge is 0.335 e. The van der Waals surface area contributed by atoms with Gasteiger partial charge >= 0.3 is 5.97 Å². The number of aromatic nitrogens is 2. The molecule has 1 heterocycles. The van der Waals surface area contributed by atoms with Crippen LogP contribution >= 0.6 is 0 Å². The van der Waals surface area contributed by atoms with Crippen LogP contribution in [0.15, 0.2) is 35.5 Å². The summed E-state index contributed by atoms with van der Waals surface area (Å²) in [7, 11) is -2.91. The van der Waals surface area contributed by atoms with Gasteiger partial charge < -0.3 is 10.1 Å². The zero-order valence-electron chi connectivity index (χ0n) is 10.9. The lowest BCUT2D eigenvalue weighted by molar-refractivity contribution is 0.0696. The van der Waals surface area contributed by atoms with E-state index in [4.69, 9.17) is 5.11 Å². The molecule has 0 fully saturated rings. The van der Waals surface area contributed by atoms with E-state index in [1.807, 2.05) is 0 Å². The molecule has 9 heteroatoms. The van der Waals surface area contributed by atoms with E-state index < -0.39 is 26.7 Å². The van der Waals surface area contributed by atoms with E-state index in [9.17, 15) is 17.6 Å². The first-order valence-electron chi connectivity index (χ1n) is 5.80. The average molecular weight is 313 g/mol. The van der Waals surface area contributed by atoms with Crippen LogP contribution in [-0.2, 0) is 16.6 Å². The van der Waals surface area contributed by atoms with Crippen LogP contribution in [0.25, 0.3) is 0 Å². The van der Waals surface area contributed by atoms with Crippen molar-refractivity contribution in [1.82, 2.24) is 14.3 Å². The Morgan fingerprint density at radius 3 is 2.76 bits per heavy atom. The van der Waals surface area contributed by atoms with Gasteiger partial charge in [-0.2, -0.15) is 4.31 Å². The lowest BCUT2D eigenvalue weighted by atomic mass is 10.2. The molecule has 1 aromatic heterocycles. The fourth-order valence-electron chi connectivity index (χ4n) is 1.68. The Kier molecular flexibility index (Phi) is 4.05. The number of aromatic carboxylic acids is 1. The van der Waals surface area contributed by atoms with Crippen molar-refractivity contribution in [2.24, 2.45) is 0 Å². The van der Waals surface area contributed by atoms with E-state index in [-0.39, 0.29) is 12.1 Å². The van der Waals surface area contributed by atoms with E-state index >= 15 is 0 Å². The fraction of sp³-hybridized carbons (Fsp3) is 0.167. The van der Waals surface area contributed by atoms with Crippen molar-refractivity contribution >= 4 is 16.0 Å². The standard InChI is InChI=1S/C12H12FN3O4S/c1-16(7-11-14-4-5-15-11)21(19,20)10-6-8(12(17)18)2-3-9(10)13/h2-6H,7H2,1H3,(H,14,15)(H,17,18). The summed E-state index contributed by atoms with van der Waals surface area (Å²) in [6, 6.07) is 2.62. The van der Waals surface area contributed by atoms with Crippen molar-refractivity contribution in [2.75, 3.05) is 7.05 Å². The number of hydrogen-bond acceptors (Lipinski definition) is 4. The van der Waals surface area contributed by atoms with Crippen LogP contribution in [0.2, 0.25) is 0 Å². The molecule has 0 aliphatic rings. The number of benzene rings is 1. The number of nitrogens with one attached hydrogen (secondary N) is 1. The molecule has 112 valence electrons. The monoisotopic (exact) mass is 313 g/mol. The maximum absolute atomic E-state index is 13.7. The highest BCUT2D eigenvalue weighted by atomic mass is 32.2. The molecule has 0 aliphatic heterocycles. The highest BCUT2D eigenvalue weighted by molar-refractivity contribution is 7.89. The van der Waals surface area contributed by atoms with Crippen LogP contribution in [-0.4, -0.2) is 40.8 Å². The van der Waals surface area contributed by atoms with Crippen molar-refractivity contribution in [1.29, 1.82) is 0 Å². The summed E-state index contributed by atoms with van der Waals surface area (Å²) in [4.78, 5) is 16.8. The van der Waals surface area contributed by atoms with Gasteiger partial charge in [-0.15, -0.1) is 0 Å². The van der Waals surface area contributed by atoms with Gasteiger partial charge in [0.05, 0.1) is 12.1 Å². The Morgan fingerprint density at radius 2 is 2.19 bits per heavy atom. The lowest BCUT2D eigenvalue weighted by Gasteiger charge is -2.16. The van der Waals surface area contributed by atoms with Gasteiger partial charge in [-0.3, -0.25) is 0 Å². The van der Waals surface area contributed by atoms with Gasteiger partial charge in [-0.25, -0.2) is 22.6 Å². The second-order valence-electron chi connectivity index (χ2n) is 4.25. The van der Waals surface area contributed by atoms with E-state index in [1.54, 1.807) is 0 Å². The molecule has 0 spiro atoms. The molecule has 2 rings (SSSR count). The fourth-order valence-corrected chi connectivity index (χ4v) is 2.90. The van der Waals surface area contributed by atoms with Gasteiger partial charge in [-0.05, 0) is 18.2 Å². The molecule has 0 atom stereocenters. The number of hydrogen-bond donors (Lipinski definition) is 2. The zero-order valence-corrected chi connectivity index (χ0v) is 11.8. The van der Waals surface area contributed by atoms with Crippen molar-refractivity contribution < 1.29 is 22.7 Å². The molecule has 0 unspecified atom stereocenters. The van der Waals surface area contributed by atoms with Crippen molar-refractivity contribution in [2.45, 2.75) is 11.4 Å². The molecule has 7 nitrogen and oxygen atoms in total. The summed E-state index contributed by atoms with van der Waals surface area (Å²) >= 11 is 0. The third kappa shape index (κ3) is 3.09. The molecule has 0 bridgehead atoms. The minimum absolute atomic E-state index is 0.0912. The SMILES string of the molecule is CN(Cc1ncc[nH]1)S(=O)(=O)c1cc(C(=O)O)ccc1F. The predicted octanol–water partition coefficient (Wildman–Crippen LogP) is 1.07. The van der Waals surface area contributed by atoms with Crippen LogP contribution < -0.4 is 0 Å². The molecule has 0 radical (unpaired) electrons. The molecular weight excluding hydrogens is 301 g/mol. The van der Waals surface area contributed by atoms with Gasteiger partial charge in [0, 0.05) is 19.4 Å². The summed E-state index contributed by atoms with van der Waals surface area (Å²) in [5.41, 5.74) is -0.304. The van der Waals surface area contributed by atoms with Gasteiger partial charge in [0.15, 0.2) is 0 Å². The molecule has 0 amide bonds. The lowest BCUT2D eigenvalue weighted by Crippen LogP contribution is -2.28. The summed E-state index contributed by atoms with van der Waals surface area (Å²) in [5, 5.41) is 8.87. The average Bonchev–Trinajstić information content (AvgIpc) is 2.91. The van der Waals surface area contributed by atoms with Gasteiger partial charge in [0.1, 0.15) is 16.5 Å². The zero-order chi connectivity index (χ0) is 15.6. The number of H-pyrrole nitrogens is 1. The maximum atomic E-state index is 13.7. The Balaban J connectivity index is 2.38. The predicted molar refractivity (Wildman–Crippen MR) is 70.6 cm³/mol. The summed E-state index contributed by atoms with van der Waals surface area (Å²) in [6.45, 7) is -0.0912. The number of rotatable bonds is 5. The highest BCUT2D eigenvalue weighted by Gasteiger charge is 2.26. The number of carboxylic acid groups (broad SMARTS) is 1. The minimum atomic E-state index is -4.17. The Bertz CT molecular complexity index is 759. The number of sulfonamides is 1. The van der Waals surface area contributed by atoms with Gasteiger partial charge in [-0.1, -0.05) is 0 Å². The molecule has 0 saturated heterocycles. The second kappa shape index (κ2) is 5.62. The number of nitrogens with zero attached hydrogens (tertiary/aromatic N) is 2. The first kappa shape index (κ1) is 15.1. The minimum Gasteiger partial charge on any atom is -0.478 e. The first-order chi connectivity index (χ1) is 9.82. The number of imidazole rings is 1. The van der Waals surface area contributed by atoms with E-state index in [1.165, 1.54) is 19.4 Å². The molecule has 0 aliphatic carbocycles. The quantitative estimate of drug-likeness (QED) is 0.859. The van der Waals surface area contributed by atoms with Crippen LogP contribution in [0.1, 0.15) is 16.2 Å².